The number of hydrogen-bond donors (Lipinski definition) is 3. The molecule has 3 N–H and O–H groups in total. The standard InChI is InChI=1S/C35H48N6O9S/c1-10-20-17-35(20,31(44)40-51(46,47)23-12-13-23)39-28(42)26-16-22(49-29-24-15-21(48-9)11-14-25(24)36-19(2)37-29)18-41(26)30(43)27(33(3,4)5)38-32(45)50-34(6,7)8/h10-11,14-15,20,22-23,26-27H,1,12-13,16-18H2,2-9H3,(H,38,45)(H,39,42)(H,40,44)/t20-,22?,26?,27-,35-/m1/s1. The van der Waals surface area contributed by atoms with Crippen LogP contribution in [0.15, 0.2) is 30.9 Å². The van der Waals surface area contributed by atoms with Gasteiger partial charge in [-0.05, 0) is 70.6 Å². The van der Waals surface area contributed by atoms with Gasteiger partial charge < -0.3 is 29.7 Å². The van der Waals surface area contributed by atoms with Gasteiger partial charge in [0.1, 0.15) is 40.9 Å². The highest BCUT2D eigenvalue weighted by atomic mass is 32.2. The first kappa shape index (κ1) is 37.8. The fourth-order valence-corrected chi connectivity index (χ4v) is 7.56. The Labute approximate surface area is 298 Å². The van der Waals surface area contributed by atoms with Crippen LogP contribution in [0.4, 0.5) is 4.79 Å². The monoisotopic (exact) mass is 728 g/mol. The number of ether oxygens (including phenoxy) is 3. The van der Waals surface area contributed by atoms with Crippen molar-refractivity contribution >= 4 is 44.7 Å². The number of aryl methyl sites for hydroxylation is 1. The number of fused-ring (bicyclic) bond motifs is 1. The van der Waals surface area contributed by atoms with E-state index in [1.807, 2.05) is 0 Å². The number of alkyl carbamates (subject to hydrolysis) is 1. The molecule has 16 heteroatoms. The highest BCUT2D eigenvalue weighted by Crippen LogP contribution is 2.45. The number of carbonyl (C=O) groups excluding carboxylic acids is 4. The molecule has 1 aromatic carbocycles. The minimum atomic E-state index is -3.91. The Bertz CT molecular complexity index is 1850. The molecule has 3 aliphatic rings. The van der Waals surface area contributed by atoms with E-state index in [-0.39, 0.29) is 25.3 Å². The SMILES string of the molecule is C=C[C@@H]1C[C@]1(NC(=O)C1CC(Oc2nc(C)nc3ccc(OC)cc23)CN1C(=O)[C@@H](NC(=O)OC(C)(C)C)C(C)(C)C)C(=O)NS(=O)(=O)C1CC1. The third-order valence-electron chi connectivity index (χ3n) is 9.13. The number of nitrogens with zero attached hydrogens (tertiary/aromatic N) is 3. The third kappa shape index (κ3) is 8.37. The number of hydrogen-bond acceptors (Lipinski definition) is 11. The van der Waals surface area contributed by atoms with Crippen LogP contribution in [0.1, 0.15) is 73.1 Å². The largest absolute Gasteiger partial charge is 0.497 e. The molecular formula is C35H48N6O9S. The zero-order valence-electron chi connectivity index (χ0n) is 30.4. The summed E-state index contributed by atoms with van der Waals surface area (Å²) in [6.07, 6.45) is 0.954. The van der Waals surface area contributed by atoms with Gasteiger partial charge >= 0.3 is 6.09 Å². The van der Waals surface area contributed by atoms with Crippen LogP contribution in [-0.2, 0) is 29.1 Å². The van der Waals surface area contributed by atoms with Crippen LogP contribution in [0.3, 0.4) is 0 Å². The fraction of sp³-hybridized carbons (Fsp3) is 0.600. The van der Waals surface area contributed by atoms with Gasteiger partial charge in [-0.15, -0.1) is 6.58 Å². The lowest BCUT2D eigenvalue weighted by molar-refractivity contribution is -0.143. The molecule has 3 fully saturated rings. The van der Waals surface area contributed by atoms with Crippen LogP contribution in [0, 0.1) is 18.3 Å². The Hall–Kier alpha value is -4.47. The van der Waals surface area contributed by atoms with Crippen molar-refractivity contribution in [3.05, 3.63) is 36.7 Å². The summed E-state index contributed by atoms with van der Waals surface area (Å²) in [5, 5.41) is 5.38. The summed E-state index contributed by atoms with van der Waals surface area (Å²) in [4.78, 5) is 65.4. The predicted octanol–water partition coefficient (Wildman–Crippen LogP) is 2.90. The van der Waals surface area contributed by atoms with Gasteiger partial charge in [-0.1, -0.05) is 26.8 Å². The van der Waals surface area contributed by atoms with Crippen molar-refractivity contribution in [2.24, 2.45) is 11.3 Å². The number of likely N-dealkylation sites (tertiary alicyclic amines) is 1. The van der Waals surface area contributed by atoms with Crippen LogP contribution in [0.2, 0.25) is 0 Å². The van der Waals surface area contributed by atoms with Gasteiger partial charge in [-0.3, -0.25) is 19.1 Å². The highest BCUT2D eigenvalue weighted by Gasteiger charge is 2.62. The molecule has 0 radical (unpaired) electrons. The first-order chi connectivity index (χ1) is 23.7. The summed E-state index contributed by atoms with van der Waals surface area (Å²) in [5.41, 5.74) is -2.62. The predicted molar refractivity (Wildman–Crippen MR) is 187 cm³/mol. The summed E-state index contributed by atoms with van der Waals surface area (Å²) in [7, 11) is -2.37. The van der Waals surface area contributed by atoms with Crippen molar-refractivity contribution in [1.82, 2.24) is 30.2 Å². The number of benzene rings is 1. The van der Waals surface area contributed by atoms with E-state index < -0.39 is 79.7 Å². The molecular weight excluding hydrogens is 680 g/mol. The normalized spacial score (nSPS) is 23.9. The van der Waals surface area contributed by atoms with Crippen LogP contribution >= 0.6 is 0 Å². The molecule has 0 bridgehead atoms. The Morgan fingerprint density at radius 3 is 2.35 bits per heavy atom. The quantitative estimate of drug-likeness (QED) is 0.288. The van der Waals surface area contributed by atoms with Crippen molar-refractivity contribution in [2.75, 3.05) is 13.7 Å². The average molecular weight is 729 g/mol. The van der Waals surface area contributed by atoms with E-state index in [0.717, 1.165) is 0 Å². The summed E-state index contributed by atoms with van der Waals surface area (Å²) in [6.45, 7) is 15.8. The van der Waals surface area contributed by atoms with E-state index in [9.17, 15) is 27.6 Å². The first-order valence-corrected chi connectivity index (χ1v) is 18.5. The number of sulfonamides is 1. The zero-order valence-corrected chi connectivity index (χ0v) is 31.2. The lowest BCUT2D eigenvalue weighted by Crippen LogP contribution is -2.60. The molecule has 5 rings (SSSR count). The van der Waals surface area contributed by atoms with Gasteiger partial charge in [0.15, 0.2) is 0 Å². The number of amides is 4. The minimum Gasteiger partial charge on any atom is -0.497 e. The molecule has 278 valence electrons. The van der Waals surface area contributed by atoms with Gasteiger partial charge in [0.25, 0.3) is 5.91 Å². The van der Waals surface area contributed by atoms with Gasteiger partial charge in [0, 0.05) is 12.3 Å². The molecule has 5 atom stereocenters. The fourth-order valence-electron chi connectivity index (χ4n) is 6.20. The second-order valence-corrected chi connectivity index (χ2v) is 17.5. The second kappa shape index (κ2) is 13.6. The van der Waals surface area contributed by atoms with Crippen molar-refractivity contribution < 1.29 is 41.8 Å². The van der Waals surface area contributed by atoms with Crippen molar-refractivity contribution in [3.63, 3.8) is 0 Å². The molecule has 1 aromatic heterocycles. The van der Waals surface area contributed by atoms with Gasteiger partial charge in [0.2, 0.25) is 27.7 Å². The lowest BCUT2D eigenvalue weighted by Gasteiger charge is -2.36. The number of nitrogens with one attached hydrogen (secondary N) is 3. The smallest absolute Gasteiger partial charge is 0.408 e. The molecule has 4 amide bonds. The number of carbonyl (C=O) groups is 4. The third-order valence-corrected chi connectivity index (χ3v) is 10.9. The molecule has 2 heterocycles. The average Bonchev–Trinajstić information content (AvgIpc) is 3.95. The maximum atomic E-state index is 14.5. The Kier molecular flexibility index (Phi) is 10.1. The van der Waals surface area contributed by atoms with E-state index in [0.29, 0.717) is 35.3 Å². The van der Waals surface area contributed by atoms with E-state index in [4.69, 9.17) is 14.2 Å². The maximum absolute atomic E-state index is 14.5. The topological polar surface area (TPSA) is 195 Å². The van der Waals surface area contributed by atoms with Crippen LogP contribution in [0.25, 0.3) is 10.9 Å². The summed E-state index contributed by atoms with van der Waals surface area (Å²) < 4.78 is 44.7. The summed E-state index contributed by atoms with van der Waals surface area (Å²) in [6, 6.07) is 2.96. The number of aromatic nitrogens is 2. The number of methoxy groups -OCH3 is 1. The second-order valence-electron chi connectivity index (χ2n) is 15.6. The van der Waals surface area contributed by atoms with Crippen LogP contribution in [-0.4, -0.2) is 95.3 Å². The molecule has 2 saturated carbocycles. The molecule has 1 saturated heterocycles. The molecule has 1 aliphatic heterocycles. The van der Waals surface area contributed by atoms with Crippen molar-refractivity contribution in [2.45, 2.75) is 109 Å². The van der Waals surface area contributed by atoms with Crippen molar-refractivity contribution in [3.8, 4) is 11.6 Å². The molecule has 0 spiro atoms. The van der Waals surface area contributed by atoms with E-state index >= 15 is 0 Å². The van der Waals surface area contributed by atoms with Gasteiger partial charge in [-0.25, -0.2) is 18.2 Å². The van der Waals surface area contributed by atoms with Gasteiger partial charge in [-0.2, -0.15) is 4.98 Å². The van der Waals surface area contributed by atoms with Crippen LogP contribution < -0.4 is 24.8 Å². The Morgan fingerprint density at radius 2 is 1.78 bits per heavy atom. The Morgan fingerprint density at radius 1 is 1.10 bits per heavy atom. The Balaban J connectivity index is 1.47. The highest BCUT2D eigenvalue weighted by molar-refractivity contribution is 7.91. The summed E-state index contributed by atoms with van der Waals surface area (Å²) in [5.74, 6) is -1.43. The van der Waals surface area contributed by atoms with E-state index in [1.54, 1.807) is 66.7 Å². The summed E-state index contributed by atoms with van der Waals surface area (Å²) >= 11 is 0. The van der Waals surface area contributed by atoms with E-state index in [1.165, 1.54) is 18.1 Å². The van der Waals surface area contributed by atoms with Crippen LogP contribution in [0.5, 0.6) is 11.6 Å². The molecule has 51 heavy (non-hydrogen) atoms. The van der Waals surface area contributed by atoms with E-state index in [2.05, 4.69) is 31.9 Å². The molecule has 2 aromatic rings. The number of rotatable bonds is 11. The lowest BCUT2D eigenvalue weighted by atomic mass is 9.85. The zero-order chi connectivity index (χ0) is 37.7. The first-order valence-electron chi connectivity index (χ1n) is 17.0. The molecule has 15 nitrogen and oxygen atoms in total. The van der Waals surface area contributed by atoms with Gasteiger partial charge in [0.05, 0.1) is 29.8 Å². The minimum absolute atomic E-state index is 0.00772. The maximum Gasteiger partial charge on any atom is 0.408 e. The molecule has 2 unspecified atom stereocenters. The van der Waals surface area contributed by atoms with Crippen molar-refractivity contribution in [1.29, 1.82) is 0 Å². The molecule has 2 aliphatic carbocycles.